The van der Waals surface area contributed by atoms with Crippen LogP contribution in [0.2, 0.25) is 0 Å². The Kier molecular flexibility index (Phi) is 4.18. The smallest absolute Gasteiger partial charge is 0.220 e. The Morgan fingerprint density at radius 3 is 3.00 bits per heavy atom. The summed E-state index contributed by atoms with van der Waals surface area (Å²) in [7, 11) is 0. The lowest BCUT2D eigenvalue weighted by atomic mass is 10.0. The first-order chi connectivity index (χ1) is 9.33. The summed E-state index contributed by atoms with van der Waals surface area (Å²) in [5, 5.41) is 8.71. The molecule has 1 saturated heterocycles. The van der Waals surface area contributed by atoms with E-state index < -0.39 is 0 Å². The van der Waals surface area contributed by atoms with E-state index >= 15 is 0 Å². The fourth-order valence-corrected chi connectivity index (χ4v) is 3.73. The van der Waals surface area contributed by atoms with Crippen LogP contribution in [0.25, 0.3) is 0 Å². The minimum Gasteiger partial charge on any atom is -0.348 e. The normalized spacial score (nSPS) is 24.3. The van der Waals surface area contributed by atoms with Crippen molar-refractivity contribution in [3.63, 3.8) is 0 Å². The van der Waals surface area contributed by atoms with E-state index in [-0.39, 0.29) is 11.9 Å². The van der Waals surface area contributed by atoms with Crippen LogP contribution in [-0.4, -0.2) is 19.0 Å². The Hall–Kier alpha value is -0.870. The van der Waals surface area contributed by atoms with Crippen LogP contribution in [0.3, 0.4) is 0 Å². The van der Waals surface area contributed by atoms with Crippen molar-refractivity contribution in [2.24, 2.45) is 11.8 Å². The molecule has 2 N–H and O–H groups in total. The Bertz CT molecular complexity index is 408. The lowest BCUT2D eigenvalue weighted by Gasteiger charge is -2.17. The van der Waals surface area contributed by atoms with Crippen molar-refractivity contribution in [1.29, 1.82) is 0 Å². The third kappa shape index (κ3) is 3.57. The second-order valence-corrected chi connectivity index (χ2v) is 6.77. The van der Waals surface area contributed by atoms with E-state index in [1.54, 1.807) is 11.3 Å². The van der Waals surface area contributed by atoms with Crippen LogP contribution in [0.5, 0.6) is 0 Å². The highest BCUT2D eigenvalue weighted by molar-refractivity contribution is 7.10. The standard InChI is InChI=1S/C15H22N2OS/c18-14(6-3-11-7-8-16-10-11)17-15(12-4-5-12)13-2-1-9-19-13/h1-2,9,11-12,15-16H,3-8,10H2,(H,17,18). The molecule has 0 bridgehead atoms. The van der Waals surface area contributed by atoms with Crippen LogP contribution in [0, 0.1) is 11.8 Å². The van der Waals surface area contributed by atoms with E-state index in [0.717, 1.165) is 19.5 Å². The van der Waals surface area contributed by atoms with Gasteiger partial charge in [0.15, 0.2) is 0 Å². The molecule has 2 unspecified atom stereocenters. The Morgan fingerprint density at radius 1 is 1.47 bits per heavy atom. The molecule has 0 aromatic carbocycles. The molecule has 19 heavy (non-hydrogen) atoms. The Balaban J connectivity index is 1.49. The van der Waals surface area contributed by atoms with Gasteiger partial charge in [0.1, 0.15) is 0 Å². The van der Waals surface area contributed by atoms with Crippen LogP contribution in [0.1, 0.15) is 43.0 Å². The van der Waals surface area contributed by atoms with Crippen molar-refractivity contribution >= 4 is 17.2 Å². The number of hydrogen-bond acceptors (Lipinski definition) is 3. The van der Waals surface area contributed by atoms with E-state index in [9.17, 15) is 4.79 Å². The third-order valence-electron chi connectivity index (χ3n) is 4.20. The lowest BCUT2D eigenvalue weighted by molar-refractivity contribution is -0.122. The second kappa shape index (κ2) is 6.06. The quantitative estimate of drug-likeness (QED) is 0.840. The molecule has 0 radical (unpaired) electrons. The predicted molar refractivity (Wildman–Crippen MR) is 78.1 cm³/mol. The highest BCUT2D eigenvalue weighted by atomic mass is 32.1. The Labute approximate surface area is 118 Å². The van der Waals surface area contributed by atoms with E-state index in [1.807, 2.05) is 0 Å². The summed E-state index contributed by atoms with van der Waals surface area (Å²) in [5.74, 6) is 1.61. The van der Waals surface area contributed by atoms with Gasteiger partial charge in [0.25, 0.3) is 0 Å². The van der Waals surface area contributed by atoms with Crippen molar-refractivity contribution < 1.29 is 4.79 Å². The fourth-order valence-electron chi connectivity index (χ4n) is 2.86. The molecule has 1 aliphatic heterocycles. The molecule has 1 aromatic heterocycles. The summed E-state index contributed by atoms with van der Waals surface area (Å²) in [5.41, 5.74) is 0. The monoisotopic (exact) mass is 278 g/mol. The van der Waals surface area contributed by atoms with Gasteiger partial charge in [0, 0.05) is 11.3 Å². The van der Waals surface area contributed by atoms with Gasteiger partial charge in [-0.3, -0.25) is 4.79 Å². The molecular formula is C15H22N2OS. The van der Waals surface area contributed by atoms with Gasteiger partial charge >= 0.3 is 0 Å². The minimum atomic E-state index is 0.234. The number of thiophene rings is 1. The molecule has 3 nitrogen and oxygen atoms in total. The van der Waals surface area contributed by atoms with Crippen molar-refractivity contribution in [1.82, 2.24) is 10.6 Å². The first kappa shape index (κ1) is 13.1. The van der Waals surface area contributed by atoms with Gasteiger partial charge < -0.3 is 10.6 Å². The molecule has 4 heteroatoms. The van der Waals surface area contributed by atoms with E-state index in [2.05, 4.69) is 28.1 Å². The van der Waals surface area contributed by atoms with Gasteiger partial charge in [-0.15, -0.1) is 11.3 Å². The molecule has 3 rings (SSSR count). The highest BCUT2D eigenvalue weighted by Gasteiger charge is 2.33. The maximum absolute atomic E-state index is 12.1. The van der Waals surface area contributed by atoms with Gasteiger partial charge in [-0.05, 0) is 62.1 Å². The Morgan fingerprint density at radius 2 is 2.37 bits per heavy atom. The average Bonchev–Trinajstić information content (AvgIpc) is 2.93. The van der Waals surface area contributed by atoms with Crippen molar-refractivity contribution in [2.75, 3.05) is 13.1 Å². The zero-order valence-corrected chi connectivity index (χ0v) is 12.0. The van der Waals surface area contributed by atoms with E-state index in [0.29, 0.717) is 18.3 Å². The summed E-state index contributed by atoms with van der Waals surface area (Å²) in [6.45, 7) is 2.20. The lowest BCUT2D eigenvalue weighted by Crippen LogP contribution is -2.29. The molecule has 2 aliphatic rings. The molecule has 1 amide bonds. The third-order valence-corrected chi connectivity index (χ3v) is 5.16. The summed E-state index contributed by atoms with van der Waals surface area (Å²) >= 11 is 1.76. The van der Waals surface area contributed by atoms with Crippen molar-refractivity contribution in [3.05, 3.63) is 22.4 Å². The van der Waals surface area contributed by atoms with Gasteiger partial charge in [0.2, 0.25) is 5.91 Å². The second-order valence-electron chi connectivity index (χ2n) is 5.80. The molecule has 0 spiro atoms. The average molecular weight is 278 g/mol. The van der Waals surface area contributed by atoms with E-state index in [1.165, 1.54) is 24.1 Å². The first-order valence-electron chi connectivity index (χ1n) is 7.36. The molecule has 1 aliphatic carbocycles. The number of nitrogens with one attached hydrogen (secondary N) is 2. The molecule has 1 saturated carbocycles. The maximum Gasteiger partial charge on any atom is 0.220 e. The summed E-state index contributed by atoms with van der Waals surface area (Å²) in [6.07, 6.45) is 5.46. The van der Waals surface area contributed by atoms with Crippen LogP contribution >= 0.6 is 11.3 Å². The predicted octanol–water partition coefficient (Wildman–Crippen LogP) is 2.71. The number of carbonyl (C=O) groups excluding carboxylic acids is 1. The van der Waals surface area contributed by atoms with Gasteiger partial charge in [-0.2, -0.15) is 0 Å². The van der Waals surface area contributed by atoms with Gasteiger partial charge in [0.05, 0.1) is 6.04 Å². The molecular weight excluding hydrogens is 256 g/mol. The largest absolute Gasteiger partial charge is 0.348 e. The summed E-state index contributed by atoms with van der Waals surface area (Å²) in [4.78, 5) is 13.4. The van der Waals surface area contributed by atoms with E-state index in [4.69, 9.17) is 0 Å². The molecule has 2 fully saturated rings. The number of amides is 1. The number of rotatable bonds is 6. The highest BCUT2D eigenvalue weighted by Crippen LogP contribution is 2.42. The molecule has 2 atom stereocenters. The molecule has 1 aromatic rings. The van der Waals surface area contributed by atoms with Crippen LogP contribution < -0.4 is 10.6 Å². The first-order valence-corrected chi connectivity index (χ1v) is 8.24. The topological polar surface area (TPSA) is 41.1 Å². The summed E-state index contributed by atoms with van der Waals surface area (Å²) < 4.78 is 0. The molecule has 104 valence electrons. The van der Waals surface area contributed by atoms with Crippen molar-refractivity contribution in [3.8, 4) is 0 Å². The maximum atomic E-state index is 12.1. The van der Waals surface area contributed by atoms with Crippen LogP contribution in [-0.2, 0) is 4.79 Å². The van der Waals surface area contributed by atoms with Gasteiger partial charge in [-0.25, -0.2) is 0 Å². The zero-order valence-electron chi connectivity index (χ0n) is 11.2. The number of carbonyl (C=O) groups is 1. The zero-order chi connectivity index (χ0) is 13.1. The van der Waals surface area contributed by atoms with Crippen molar-refractivity contribution in [2.45, 2.75) is 38.1 Å². The van der Waals surface area contributed by atoms with Crippen LogP contribution in [0.4, 0.5) is 0 Å². The minimum absolute atomic E-state index is 0.234. The van der Waals surface area contributed by atoms with Crippen LogP contribution in [0.15, 0.2) is 17.5 Å². The molecule has 2 heterocycles. The fraction of sp³-hybridized carbons (Fsp3) is 0.667. The number of hydrogen-bond donors (Lipinski definition) is 2. The van der Waals surface area contributed by atoms with Gasteiger partial charge in [-0.1, -0.05) is 6.07 Å². The summed E-state index contributed by atoms with van der Waals surface area (Å²) in [6, 6.07) is 4.50. The SMILES string of the molecule is O=C(CCC1CCNC1)NC(c1cccs1)C1CC1.